The van der Waals surface area contributed by atoms with Crippen LogP contribution in [0, 0.1) is 6.42 Å². The molecule has 0 fully saturated rings. The molecule has 0 aliphatic heterocycles. The van der Waals surface area contributed by atoms with Gasteiger partial charge in [0.25, 0.3) is 5.78 Å². The third kappa shape index (κ3) is 1.35. The highest BCUT2D eigenvalue weighted by molar-refractivity contribution is 6.01. The van der Waals surface area contributed by atoms with E-state index in [9.17, 15) is 4.79 Å². The van der Waals surface area contributed by atoms with Crippen molar-refractivity contribution in [3.8, 4) is 0 Å². The molecule has 0 spiro atoms. The Kier molecular flexibility index (Phi) is 1.30. The first-order chi connectivity index (χ1) is 4.18. The molecule has 0 bridgehead atoms. The van der Waals surface area contributed by atoms with Crippen molar-refractivity contribution in [1.29, 1.82) is 0 Å². The number of aliphatic hydroxyl groups excluding tert-OH is 1. The molecule has 1 rings (SSSR count). The molecule has 2 heteroatoms. The van der Waals surface area contributed by atoms with Gasteiger partial charge in [-0.2, -0.15) is 0 Å². The van der Waals surface area contributed by atoms with E-state index in [0.717, 1.165) is 5.57 Å². The van der Waals surface area contributed by atoms with Crippen molar-refractivity contribution in [1.82, 2.24) is 0 Å². The third-order valence-electron chi connectivity index (χ3n) is 1.04. The second-order valence-corrected chi connectivity index (χ2v) is 2.00. The van der Waals surface area contributed by atoms with Crippen LogP contribution in [-0.4, -0.2) is 10.9 Å². The van der Waals surface area contributed by atoms with E-state index in [1.807, 2.05) is 0 Å². The van der Waals surface area contributed by atoms with Gasteiger partial charge in [-0.3, -0.25) is 4.79 Å². The number of rotatable bonds is 0. The first-order valence-corrected chi connectivity index (χ1v) is 2.66. The van der Waals surface area contributed by atoms with Gasteiger partial charge >= 0.3 is 0 Å². The number of carbonyl (C=O) groups is 1. The summed E-state index contributed by atoms with van der Waals surface area (Å²) < 4.78 is 0. The number of allylic oxidation sites excluding steroid dienone is 3. The van der Waals surface area contributed by atoms with Gasteiger partial charge in [-0.15, -0.1) is 0 Å². The maximum Gasteiger partial charge on any atom is 0.289 e. The van der Waals surface area contributed by atoms with Crippen LogP contribution in [-0.2, 0) is 4.79 Å². The molecule has 0 aromatic rings. The molecule has 9 heavy (non-hydrogen) atoms. The van der Waals surface area contributed by atoms with Gasteiger partial charge in [0.05, 0.1) is 18.1 Å². The summed E-state index contributed by atoms with van der Waals surface area (Å²) in [6, 6.07) is 0. The Morgan fingerprint density at radius 2 is 2.22 bits per heavy atom. The van der Waals surface area contributed by atoms with Crippen molar-refractivity contribution in [3.63, 3.8) is 0 Å². The van der Waals surface area contributed by atoms with E-state index in [1.165, 1.54) is 12.2 Å². The SMILES string of the molecule is CC1=CC(=O)C=C(O)[CH+]1. The van der Waals surface area contributed by atoms with E-state index >= 15 is 0 Å². The Hall–Kier alpha value is -1.18. The number of aliphatic hydroxyl groups is 1. The Morgan fingerprint density at radius 3 is 2.67 bits per heavy atom. The molecule has 1 aliphatic rings. The minimum absolute atomic E-state index is 0.0417. The van der Waals surface area contributed by atoms with Crippen LogP contribution in [0.3, 0.4) is 0 Å². The lowest BCUT2D eigenvalue weighted by Gasteiger charge is -1.94. The average Bonchev–Trinajstić information content (AvgIpc) is 1.59. The highest BCUT2D eigenvalue weighted by atomic mass is 16.3. The summed E-state index contributed by atoms with van der Waals surface area (Å²) >= 11 is 0. The smallest absolute Gasteiger partial charge is 0.289 e. The predicted octanol–water partition coefficient (Wildman–Crippen LogP) is 1.16. The van der Waals surface area contributed by atoms with Crippen LogP contribution in [0.2, 0.25) is 0 Å². The standard InChI is InChI=1S/C7H6O2/c1-5-2-6(8)4-7(9)3-5/h2-4H,1H3/p+1. The van der Waals surface area contributed by atoms with Gasteiger partial charge in [0.15, 0.2) is 0 Å². The van der Waals surface area contributed by atoms with Gasteiger partial charge in [-0.05, 0) is 6.92 Å². The van der Waals surface area contributed by atoms with Gasteiger partial charge < -0.3 is 5.11 Å². The third-order valence-corrected chi connectivity index (χ3v) is 1.04. The highest BCUT2D eigenvalue weighted by Gasteiger charge is 2.15. The molecule has 0 atom stereocenters. The van der Waals surface area contributed by atoms with Crippen molar-refractivity contribution in [3.05, 3.63) is 29.9 Å². The molecule has 0 saturated carbocycles. The molecule has 0 aromatic carbocycles. The molecule has 0 aromatic heterocycles. The van der Waals surface area contributed by atoms with Crippen LogP contribution in [0.15, 0.2) is 23.5 Å². The van der Waals surface area contributed by atoms with Gasteiger partial charge in [0, 0.05) is 0 Å². The van der Waals surface area contributed by atoms with E-state index < -0.39 is 0 Å². The second kappa shape index (κ2) is 1.97. The van der Waals surface area contributed by atoms with Crippen molar-refractivity contribution < 1.29 is 9.90 Å². The monoisotopic (exact) mass is 123 g/mol. The summed E-state index contributed by atoms with van der Waals surface area (Å²) in [4.78, 5) is 10.6. The van der Waals surface area contributed by atoms with Crippen LogP contribution in [0.1, 0.15) is 6.92 Å². The zero-order valence-electron chi connectivity index (χ0n) is 5.09. The van der Waals surface area contributed by atoms with Crippen LogP contribution in [0.5, 0.6) is 0 Å². The van der Waals surface area contributed by atoms with Crippen molar-refractivity contribution in [2.45, 2.75) is 6.92 Å². The lowest BCUT2D eigenvalue weighted by Crippen LogP contribution is -1.99. The zero-order chi connectivity index (χ0) is 6.85. The summed E-state index contributed by atoms with van der Waals surface area (Å²) in [6.07, 6.45) is 4.20. The minimum atomic E-state index is -0.146. The largest absolute Gasteiger partial charge is 0.487 e. The molecular weight excluding hydrogens is 116 g/mol. The molecule has 0 amide bonds. The topological polar surface area (TPSA) is 37.3 Å². The van der Waals surface area contributed by atoms with E-state index in [0.29, 0.717) is 0 Å². The fourth-order valence-corrected chi connectivity index (χ4v) is 0.728. The number of hydrogen-bond donors (Lipinski definition) is 1. The zero-order valence-corrected chi connectivity index (χ0v) is 5.09. The van der Waals surface area contributed by atoms with E-state index in [-0.39, 0.29) is 11.5 Å². The summed E-state index contributed by atoms with van der Waals surface area (Å²) in [5, 5.41) is 8.79. The van der Waals surface area contributed by atoms with Gasteiger partial charge in [-0.25, -0.2) is 0 Å². The normalized spacial score (nSPS) is 18.1. The van der Waals surface area contributed by atoms with Crippen molar-refractivity contribution >= 4 is 5.78 Å². The molecule has 46 valence electrons. The van der Waals surface area contributed by atoms with Crippen molar-refractivity contribution in [2.24, 2.45) is 0 Å². The molecule has 0 unspecified atom stereocenters. The van der Waals surface area contributed by atoms with Gasteiger partial charge in [-0.1, -0.05) is 0 Å². The first kappa shape index (κ1) is 5.95. The van der Waals surface area contributed by atoms with Crippen LogP contribution < -0.4 is 0 Å². The van der Waals surface area contributed by atoms with Crippen LogP contribution in [0.4, 0.5) is 0 Å². The van der Waals surface area contributed by atoms with Crippen LogP contribution >= 0.6 is 0 Å². The summed E-state index contributed by atoms with van der Waals surface area (Å²) in [5.74, 6) is -0.104. The van der Waals surface area contributed by atoms with Gasteiger partial charge in [0.2, 0.25) is 5.76 Å². The number of ketones is 1. The van der Waals surface area contributed by atoms with E-state index in [4.69, 9.17) is 5.11 Å². The quantitative estimate of drug-likeness (QED) is 0.491. The van der Waals surface area contributed by atoms with E-state index in [1.54, 1.807) is 13.3 Å². The van der Waals surface area contributed by atoms with Crippen molar-refractivity contribution in [2.75, 3.05) is 0 Å². The molecular formula is C7H7O2+. The van der Waals surface area contributed by atoms with Gasteiger partial charge in [0.1, 0.15) is 6.08 Å². The molecule has 0 heterocycles. The minimum Gasteiger partial charge on any atom is -0.487 e. The van der Waals surface area contributed by atoms with E-state index in [2.05, 4.69) is 0 Å². The lowest BCUT2D eigenvalue weighted by molar-refractivity contribution is -0.110. The molecule has 1 N–H and O–H groups in total. The molecule has 2 nitrogen and oxygen atoms in total. The Morgan fingerprint density at radius 1 is 1.56 bits per heavy atom. The Balaban J connectivity index is 2.81. The highest BCUT2D eigenvalue weighted by Crippen LogP contribution is 2.11. The fraction of sp³-hybridized carbons (Fsp3) is 0.143. The fourth-order valence-electron chi connectivity index (χ4n) is 0.728. The maximum absolute atomic E-state index is 10.6. The number of hydrogen-bond acceptors (Lipinski definition) is 2. The summed E-state index contributed by atoms with van der Waals surface area (Å²) in [7, 11) is 0. The number of carbonyl (C=O) groups excluding carboxylic acids is 1. The molecule has 1 aliphatic carbocycles. The predicted molar refractivity (Wildman–Crippen MR) is 33.8 cm³/mol. The first-order valence-electron chi connectivity index (χ1n) is 2.66. The lowest BCUT2D eigenvalue weighted by atomic mass is 10.1. The Labute approximate surface area is 53.5 Å². The summed E-state index contributed by atoms with van der Waals surface area (Å²) in [5.41, 5.74) is 0.792. The second-order valence-electron chi connectivity index (χ2n) is 2.00. The molecule has 0 saturated heterocycles. The Bertz CT molecular complexity index is 179. The average molecular weight is 123 g/mol. The maximum atomic E-state index is 10.6. The summed E-state index contributed by atoms with van der Waals surface area (Å²) in [6.45, 7) is 1.76. The molecule has 0 radical (unpaired) electrons. The van der Waals surface area contributed by atoms with Crippen LogP contribution in [0.25, 0.3) is 0 Å².